The number of hydrogen-bond acceptors (Lipinski definition) is 5. The summed E-state index contributed by atoms with van der Waals surface area (Å²) in [5.74, 6) is 0.173. The zero-order valence-electron chi connectivity index (χ0n) is 10.3. The van der Waals surface area contributed by atoms with E-state index in [1.807, 2.05) is 18.2 Å². The first kappa shape index (κ1) is 13.6. The molecule has 0 aliphatic carbocycles. The Bertz CT molecular complexity index is 811. The summed E-state index contributed by atoms with van der Waals surface area (Å²) in [6, 6.07) is 8.98. The molecule has 0 spiro atoms. The summed E-state index contributed by atoms with van der Waals surface area (Å²) in [7, 11) is -3.10. The molecule has 0 unspecified atom stereocenters. The van der Waals surface area contributed by atoms with Crippen molar-refractivity contribution in [1.82, 2.24) is 0 Å². The van der Waals surface area contributed by atoms with E-state index in [-0.39, 0.29) is 5.75 Å². The van der Waals surface area contributed by atoms with E-state index >= 15 is 0 Å². The number of fused-ring (bicyclic) bond motifs is 1. The molecule has 20 heavy (non-hydrogen) atoms. The van der Waals surface area contributed by atoms with Gasteiger partial charge in [0, 0.05) is 10.6 Å². The van der Waals surface area contributed by atoms with Gasteiger partial charge in [0.05, 0.1) is 16.8 Å². The minimum absolute atomic E-state index is 0.173. The predicted octanol–water partition coefficient (Wildman–Crippen LogP) is 2.66. The van der Waals surface area contributed by atoms with Gasteiger partial charge in [0.2, 0.25) is 0 Å². The smallest absolute Gasteiger partial charge is 0.188 e. The average molecular weight is 327 g/mol. The molecular weight excluding hydrogens is 316 g/mol. The van der Waals surface area contributed by atoms with E-state index in [2.05, 4.69) is 10.5 Å². The van der Waals surface area contributed by atoms with Crippen LogP contribution in [0, 0.1) is 0 Å². The first-order valence-electron chi connectivity index (χ1n) is 5.95. The van der Waals surface area contributed by atoms with Crippen LogP contribution in [0.5, 0.6) is 0 Å². The number of rotatable bonds is 2. The molecule has 1 aliphatic rings. The van der Waals surface area contributed by atoms with E-state index in [1.165, 1.54) is 11.3 Å². The van der Waals surface area contributed by atoms with Crippen LogP contribution in [0.1, 0.15) is 5.56 Å². The summed E-state index contributed by atoms with van der Waals surface area (Å²) in [5, 5.41) is 7.38. The van der Waals surface area contributed by atoms with Crippen LogP contribution in [-0.4, -0.2) is 14.2 Å². The summed E-state index contributed by atoms with van der Waals surface area (Å²) in [5.41, 5.74) is 4.53. The quantitative estimate of drug-likeness (QED) is 0.863. The molecule has 2 heterocycles. The lowest BCUT2D eigenvalue weighted by Gasteiger charge is -2.01. The largest absolute Gasteiger partial charge is 0.278 e. The third-order valence-corrected chi connectivity index (χ3v) is 6.60. The van der Waals surface area contributed by atoms with Crippen LogP contribution >= 0.6 is 22.9 Å². The standard InChI is InChI=1S/C13H11ClN2O2S2/c14-9-1-3-10(4-2-9)15-16-12-5-7-19-13-11(12)6-8-20(13,17)18/h1-5,7,15H,6,8H2. The van der Waals surface area contributed by atoms with Gasteiger partial charge in [-0.2, -0.15) is 5.10 Å². The molecule has 0 saturated carbocycles. The van der Waals surface area contributed by atoms with Gasteiger partial charge in [-0.05, 0) is 42.1 Å². The molecule has 0 fully saturated rings. The Morgan fingerprint density at radius 3 is 2.70 bits per heavy atom. The molecule has 0 radical (unpaired) electrons. The van der Waals surface area contributed by atoms with Crippen molar-refractivity contribution < 1.29 is 8.42 Å². The highest BCUT2D eigenvalue weighted by Gasteiger charge is 2.27. The minimum atomic E-state index is -3.10. The van der Waals surface area contributed by atoms with Crippen molar-refractivity contribution in [3.8, 4) is 0 Å². The van der Waals surface area contributed by atoms with Crippen molar-refractivity contribution in [3.05, 3.63) is 51.7 Å². The van der Waals surface area contributed by atoms with Crippen LogP contribution in [0.3, 0.4) is 0 Å². The zero-order chi connectivity index (χ0) is 14.2. The van der Waals surface area contributed by atoms with Crippen LogP contribution in [0.4, 0.5) is 5.69 Å². The topological polar surface area (TPSA) is 58.5 Å². The van der Waals surface area contributed by atoms with Crippen molar-refractivity contribution in [1.29, 1.82) is 0 Å². The van der Waals surface area contributed by atoms with E-state index in [0.29, 0.717) is 21.0 Å². The van der Waals surface area contributed by atoms with Gasteiger partial charge in [-0.15, -0.1) is 11.3 Å². The van der Waals surface area contributed by atoms with Crippen LogP contribution in [0.25, 0.3) is 0 Å². The van der Waals surface area contributed by atoms with E-state index in [0.717, 1.165) is 11.3 Å². The Morgan fingerprint density at radius 2 is 1.95 bits per heavy atom. The Kier molecular flexibility index (Phi) is 3.54. The summed E-state index contributed by atoms with van der Waals surface area (Å²) < 4.78 is 24.1. The van der Waals surface area contributed by atoms with E-state index in [4.69, 9.17) is 11.6 Å². The number of nitrogens with one attached hydrogen (secondary N) is 1. The number of sulfone groups is 1. The number of halogens is 1. The summed E-state index contributed by atoms with van der Waals surface area (Å²) >= 11 is 7.07. The van der Waals surface area contributed by atoms with Gasteiger partial charge >= 0.3 is 0 Å². The molecule has 0 bridgehead atoms. The molecule has 3 rings (SSSR count). The normalized spacial score (nSPS) is 16.9. The van der Waals surface area contributed by atoms with Crippen LogP contribution in [0.15, 0.2) is 45.0 Å². The van der Waals surface area contributed by atoms with E-state index in [9.17, 15) is 8.42 Å². The lowest BCUT2D eigenvalue weighted by atomic mass is 10.2. The van der Waals surface area contributed by atoms with Gasteiger partial charge in [0.1, 0.15) is 4.21 Å². The monoisotopic (exact) mass is 326 g/mol. The SMILES string of the molecule is O=S1(=O)CCc2c1sccc2=NNc1ccc(Cl)cc1. The molecule has 1 aromatic carbocycles. The molecule has 1 aliphatic heterocycles. The lowest BCUT2D eigenvalue weighted by Crippen LogP contribution is -2.10. The Labute approximate surface area is 125 Å². The number of hydrogen-bond donors (Lipinski definition) is 1. The molecule has 0 amide bonds. The van der Waals surface area contributed by atoms with Crippen molar-refractivity contribution in [2.45, 2.75) is 10.6 Å². The van der Waals surface area contributed by atoms with Crippen LogP contribution < -0.4 is 10.8 Å². The van der Waals surface area contributed by atoms with Gasteiger partial charge in [-0.1, -0.05) is 11.6 Å². The Hall–Kier alpha value is -1.37. The lowest BCUT2D eigenvalue weighted by molar-refractivity contribution is 0.601. The molecule has 1 aromatic heterocycles. The van der Waals surface area contributed by atoms with E-state index in [1.54, 1.807) is 17.5 Å². The third kappa shape index (κ3) is 2.59. The van der Waals surface area contributed by atoms with Gasteiger partial charge in [-0.25, -0.2) is 8.42 Å². The second-order valence-electron chi connectivity index (χ2n) is 4.37. The molecule has 0 saturated heterocycles. The molecule has 0 atom stereocenters. The summed E-state index contributed by atoms with van der Waals surface area (Å²) in [6.07, 6.45) is 0.524. The third-order valence-electron chi connectivity index (χ3n) is 3.01. The second-order valence-corrected chi connectivity index (χ2v) is 8.03. The molecule has 2 aromatic rings. The highest BCUT2D eigenvalue weighted by Crippen LogP contribution is 2.26. The molecule has 7 heteroatoms. The fraction of sp³-hybridized carbons (Fsp3) is 0.154. The number of nitrogens with zero attached hydrogens (tertiary/aromatic N) is 1. The van der Waals surface area contributed by atoms with Crippen LogP contribution in [-0.2, 0) is 16.3 Å². The number of benzene rings is 1. The first-order valence-corrected chi connectivity index (χ1v) is 8.86. The summed E-state index contributed by atoms with van der Waals surface area (Å²) in [6.45, 7) is 0. The minimum Gasteiger partial charge on any atom is -0.278 e. The predicted molar refractivity (Wildman–Crippen MR) is 80.7 cm³/mol. The van der Waals surface area contributed by atoms with Crippen molar-refractivity contribution >= 4 is 38.5 Å². The number of anilines is 1. The van der Waals surface area contributed by atoms with Crippen molar-refractivity contribution in [2.75, 3.05) is 11.2 Å². The zero-order valence-corrected chi connectivity index (χ0v) is 12.7. The summed E-state index contributed by atoms with van der Waals surface area (Å²) in [4.78, 5) is 0. The molecular formula is C13H11ClN2O2S2. The van der Waals surface area contributed by atoms with Crippen molar-refractivity contribution in [2.24, 2.45) is 5.10 Å². The highest BCUT2D eigenvalue weighted by molar-refractivity contribution is 7.93. The van der Waals surface area contributed by atoms with Gasteiger partial charge in [-0.3, -0.25) is 5.43 Å². The Balaban J connectivity index is 1.98. The fourth-order valence-electron chi connectivity index (χ4n) is 2.01. The second kappa shape index (κ2) is 5.20. The van der Waals surface area contributed by atoms with Crippen molar-refractivity contribution in [3.63, 3.8) is 0 Å². The maximum atomic E-state index is 11.9. The molecule has 4 nitrogen and oxygen atoms in total. The van der Waals surface area contributed by atoms with Crippen LogP contribution in [0.2, 0.25) is 5.02 Å². The maximum absolute atomic E-state index is 11.9. The van der Waals surface area contributed by atoms with Gasteiger partial charge in [0.25, 0.3) is 0 Å². The highest BCUT2D eigenvalue weighted by atomic mass is 35.5. The average Bonchev–Trinajstić information content (AvgIpc) is 2.75. The van der Waals surface area contributed by atoms with Gasteiger partial charge in [0.15, 0.2) is 9.84 Å². The van der Waals surface area contributed by atoms with E-state index < -0.39 is 9.84 Å². The maximum Gasteiger partial charge on any atom is 0.188 e. The molecule has 104 valence electrons. The molecule has 1 N–H and O–H groups in total. The fourth-order valence-corrected chi connectivity index (χ4v) is 5.05. The Morgan fingerprint density at radius 1 is 1.20 bits per heavy atom. The van der Waals surface area contributed by atoms with Gasteiger partial charge < -0.3 is 0 Å². The first-order chi connectivity index (χ1) is 9.56.